The number of halogens is 1. The Bertz CT molecular complexity index is 518. The van der Waals surface area contributed by atoms with Crippen LogP contribution in [0, 0.1) is 11.8 Å². The highest BCUT2D eigenvalue weighted by molar-refractivity contribution is 14.0. The van der Waals surface area contributed by atoms with Crippen LogP contribution < -0.4 is 5.32 Å². The minimum atomic E-state index is 0. The molecule has 0 aliphatic carbocycles. The van der Waals surface area contributed by atoms with Crippen LogP contribution in [0.5, 0.6) is 0 Å². The van der Waals surface area contributed by atoms with Crippen molar-refractivity contribution in [3.05, 3.63) is 24.2 Å². The lowest BCUT2D eigenvalue weighted by Gasteiger charge is -2.22. The van der Waals surface area contributed by atoms with Gasteiger partial charge in [0.2, 0.25) is 0 Å². The quantitative estimate of drug-likeness (QED) is 0.355. The second-order valence-electron chi connectivity index (χ2n) is 6.91. The summed E-state index contributed by atoms with van der Waals surface area (Å²) in [7, 11) is 0. The van der Waals surface area contributed by atoms with Crippen molar-refractivity contribution in [2.45, 2.75) is 26.2 Å². The van der Waals surface area contributed by atoms with Crippen molar-refractivity contribution < 1.29 is 13.9 Å². The Labute approximate surface area is 173 Å². The van der Waals surface area contributed by atoms with E-state index in [2.05, 4.69) is 17.1 Å². The summed E-state index contributed by atoms with van der Waals surface area (Å²) in [6.45, 7) is 9.16. The number of hydrogen-bond acceptors (Lipinski definition) is 4. The van der Waals surface area contributed by atoms with E-state index in [0.717, 1.165) is 77.2 Å². The lowest BCUT2D eigenvalue weighted by atomic mass is 10.1. The Hall–Kier alpha value is -0.800. The average Bonchev–Trinajstić information content (AvgIpc) is 3.39. The second kappa shape index (κ2) is 11.8. The van der Waals surface area contributed by atoms with Gasteiger partial charge in [0.15, 0.2) is 5.96 Å². The lowest BCUT2D eigenvalue weighted by molar-refractivity contribution is 0.114. The average molecular weight is 477 g/mol. The van der Waals surface area contributed by atoms with E-state index < -0.39 is 0 Å². The fourth-order valence-electron chi connectivity index (χ4n) is 3.41. The monoisotopic (exact) mass is 477 g/mol. The SMILES string of the molecule is CCOCC1CCN(C(=NCC2CCOC2)NCCc2ccco2)C1.I. The third kappa shape index (κ3) is 6.74. The topological polar surface area (TPSA) is 59.2 Å². The predicted molar refractivity (Wildman–Crippen MR) is 113 cm³/mol. The Morgan fingerprint density at radius 2 is 2.31 bits per heavy atom. The molecule has 3 heterocycles. The zero-order chi connectivity index (χ0) is 17.3. The lowest BCUT2D eigenvalue weighted by Crippen LogP contribution is -2.41. The summed E-state index contributed by atoms with van der Waals surface area (Å²) in [6.07, 6.45) is 4.89. The molecule has 2 saturated heterocycles. The number of nitrogens with zero attached hydrogens (tertiary/aromatic N) is 2. The molecule has 2 aliphatic heterocycles. The van der Waals surface area contributed by atoms with E-state index in [1.54, 1.807) is 6.26 Å². The number of rotatable bonds is 8. The molecule has 3 rings (SSSR count). The molecule has 148 valence electrons. The number of ether oxygens (including phenoxy) is 2. The summed E-state index contributed by atoms with van der Waals surface area (Å²) in [5, 5.41) is 3.53. The fourth-order valence-corrected chi connectivity index (χ4v) is 3.41. The summed E-state index contributed by atoms with van der Waals surface area (Å²) in [4.78, 5) is 7.28. The standard InChI is InChI=1S/C19H31N3O3.HI/c1-2-23-15-17-6-9-22(13-17)19(21-12-16-7-11-24-14-16)20-8-5-18-4-3-10-25-18;/h3-4,10,16-17H,2,5-9,11-15H2,1H3,(H,20,21);1H. The highest BCUT2D eigenvalue weighted by atomic mass is 127. The van der Waals surface area contributed by atoms with E-state index in [-0.39, 0.29) is 24.0 Å². The summed E-state index contributed by atoms with van der Waals surface area (Å²) in [5.41, 5.74) is 0. The van der Waals surface area contributed by atoms with Gasteiger partial charge in [-0.2, -0.15) is 0 Å². The van der Waals surface area contributed by atoms with E-state index in [0.29, 0.717) is 11.8 Å². The Morgan fingerprint density at radius 3 is 3.04 bits per heavy atom. The summed E-state index contributed by atoms with van der Waals surface area (Å²) < 4.78 is 16.5. The van der Waals surface area contributed by atoms with E-state index in [1.807, 2.05) is 12.1 Å². The molecule has 0 spiro atoms. The van der Waals surface area contributed by atoms with Crippen LogP contribution in [0.3, 0.4) is 0 Å². The molecule has 2 unspecified atom stereocenters. The number of hydrogen-bond donors (Lipinski definition) is 1. The van der Waals surface area contributed by atoms with Gasteiger partial charge in [-0.25, -0.2) is 0 Å². The molecule has 2 atom stereocenters. The minimum absolute atomic E-state index is 0. The predicted octanol–water partition coefficient (Wildman–Crippen LogP) is 2.78. The number of aliphatic imine (C=N–C) groups is 1. The van der Waals surface area contributed by atoms with Gasteiger partial charge in [0, 0.05) is 57.6 Å². The van der Waals surface area contributed by atoms with Crippen LogP contribution in [-0.4, -0.2) is 63.5 Å². The van der Waals surface area contributed by atoms with Crippen LogP contribution in [0.1, 0.15) is 25.5 Å². The maximum atomic E-state index is 5.60. The van der Waals surface area contributed by atoms with Gasteiger partial charge >= 0.3 is 0 Å². The third-order valence-corrected chi connectivity index (χ3v) is 4.90. The van der Waals surface area contributed by atoms with Crippen molar-refractivity contribution in [3.63, 3.8) is 0 Å². The molecule has 0 radical (unpaired) electrons. The molecule has 1 N–H and O–H groups in total. The van der Waals surface area contributed by atoms with Gasteiger partial charge in [-0.15, -0.1) is 24.0 Å². The van der Waals surface area contributed by atoms with Crippen LogP contribution in [0.15, 0.2) is 27.8 Å². The molecular formula is C19H32IN3O3. The highest BCUT2D eigenvalue weighted by Gasteiger charge is 2.25. The molecule has 0 aromatic carbocycles. The first-order chi connectivity index (χ1) is 12.3. The number of guanidine groups is 1. The first kappa shape index (κ1) is 21.5. The molecule has 1 aromatic rings. The van der Waals surface area contributed by atoms with Gasteiger partial charge in [0.25, 0.3) is 0 Å². The van der Waals surface area contributed by atoms with Gasteiger partial charge in [-0.3, -0.25) is 4.99 Å². The molecule has 26 heavy (non-hydrogen) atoms. The van der Waals surface area contributed by atoms with Crippen molar-refractivity contribution >= 4 is 29.9 Å². The zero-order valence-electron chi connectivity index (χ0n) is 15.7. The van der Waals surface area contributed by atoms with Crippen molar-refractivity contribution in [3.8, 4) is 0 Å². The van der Waals surface area contributed by atoms with Gasteiger partial charge in [0.1, 0.15) is 5.76 Å². The Balaban J connectivity index is 0.00000243. The van der Waals surface area contributed by atoms with Crippen molar-refractivity contribution in [2.75, 3.05) is 52.6 Å². The molecular weight excluding hydrogens is 445 g/mol. The van der Waals surface area contributed by atoms with Gasteiger partial charge in [0.05, 0.1) is 19.5 Å². The first-order valence-corrected chi connectivity index (χ1v) is 9.56. The normalized spacial score (nSPS) is 23.3. The molecule has 2 fully saturated rings. The zero-order valence-corrected chi connectivity index (χ0v) is 18.0. The molecule has 7 heteroatoms. The largest absolute Gasteiger partial charge is 0.469 e. The second-order valence-corrected chi connectivity index (χ2v) is 6.91. The Morgan fingerprint density at radius 1 is 1.38 bits per heavy atom. The molecule has 0 saturated carbocycles. The summed E-state index contributed by atoms with van der Waals surface area (Å²) in [6, 6.07) is 3.95. The van der Waals surface area contributed by atoms with Crippen molar-refractivity contribution in [2.24, 2.45) is 16.8 Å². The van der Waals surface area contributed by atoms with E-state index in [1.165, 1.54) is 6.42 Å². The molecule has 0 amide bonds. The van der Waals surface area contributed by atoms with Crippen LogP contribution in [-0.2, 0) is 15.9 Å². The van der Waals surface area contributed by atoms with Gasteiger partial charge in [-0.05, 0) is 31.9 Å². The van der Waals surface area contributed by atoms with Crippen LogP contribution in [0.2, 0.25) is 0 Å². The van der Waals surface area contributed by atoms with Crippen LogP contribution in [0.25, 0.3) is 0 Å². The summed E-state index contributed by atoms with van der Waals surface area (Å²) in [5.74, 6) is 3.19. The minimum Gasteiger partial charge on any atom is -0.469 e. The van der Waals surface area contributed by atoms with Crippen molar-refractivity contribution in [1.29, 1.82) is 0 Å². The molecule has 0 bridgehead atoms. The maximum Gasteiger partial charge on any atom is 0.193 e. The van der Waals surface area contributed by atoms with E-state index >= 15 is 0 Å². The number of likely N-dealkylation sites (tertiary alicyclic amines) is 1. The van der Waals surface area contributed by atoms with Crippen LogP contribution >= 0.6 is 24.0 Å². The van der Waals surface area contributed by atoms with E-state index in [4.69, 9.17) is 18.9 Å². The van der Waals surface area contributed by atoms with Gasteiger partial charge in [-0.1, -0.05) is 0 Å². The molecule has 2 aliphatic rings. The highest BCUT2D eigenvalue weighted by Crippen LogP contribution is 2.18. The third-order valence-electron chi connectivity index (χ3n) is 4.90. The number of nitrogens with one attached hydrogen (secondary N) is 1. The summed E-state index contributed by atoms with van der Waals surface area (Å²) >= 11 is 0. The smallest absolute Gasteiger partial charge is 0.193 e. The maximum absolute atomic E-state index is 5.60. The first-order valence-electron chi connectivity index (χ1n) is 9.56. The number of furan rings is 1. The van der Waals surface area contributed by atoms with E-state index in [9.17, 15) is 0 Å². The van der Waals surface area contributed by atoms with Crippen molar-refractivity contribution in [1.82, 2.24) is 10.2 Å². The van der Waals surface area contributed by atoms with Crippen LogP contribution in [0.4, 0.5) is 0 Å². The fraction of sp³-hybridized carbons (Fsp3) is 0.737. The van der Waals surface area contributed by atoms with Gasteiger partial charge < -0.3 is 24.1 Å². The molecule has 6 nitrogen and oxygen atoms in total. The Kier molecular flexibility index (Phi) is 9.77. The molecule has 1 aromatic heterocycles.